The number of nitrogens with one attached hydrogen (secondary N) is 1. The molecule has 0 amide bonds. The van der Waals surface area contributed by atoms with Gasteiger partial charge >= 0.3 is 0 Å². The standard InChI is InChI=1S/C8H16N2/c9-8-3-7(4-8)6-1-2-10-5-6/h6-8,10H,1-5,9H2. The van der Waals surface area contributed by atoms with E-state index in [4.69, 9.17) is 5.73 Å². The normalized spacial score (nSPS) is 47.1. The van der Waals surface area contributed by atoms with Gasteiger partial charge < -0.3 is 11.1 Å². The third-order valence-electron chi connectivity index (χ3n) is 2.98. The Morgan fingerprint density at radius 1 is 1.20 bits per heavy atom. The SMILES string of the molecule is NC1CC(C2CCNC2)C1. The predicted molar refractivity (Wildman–Crippen MR) is 41.7 cm³/mol. The van der Waals surface area contributed by atoms with Crippen molar-refractivity contribution in [3.8, 4) is 0 Å². The summed E-state index contributed by atoms with van der Waals surface area (Å²) >= 11 is 0. The summed E-state index contributed by atoms with van der Waals surface area (Å²) in [6, 6.07) is 0.533. The van der Waals surface area contributed by atoms with Gasteiger partial charge in [-0.1, -0.05) is 0 Å². The van der Waals surface area contributed by atoms with Crippen LogP contribution in [0, 0.1) is 11.8 Å². The fourth-order valence-electron chi connectivity index (χ4n) is 2.17. The Balaban J connectivity index is 1.78. The minimum absolute atomic E-state index is 0.533. The Bertz CT molecular complexity index is 112. The third-order valence-corrected chi connectivity index (χ3v) is 2.98. The van der Waals surface area contributed by atoms with Crippen LogP contribution in [-0.2, 0) is 0 Å². The molecule has 0 aromatic rings. The van der Waals surface area contributed by atoms with Crippen LogP contribution < -0.4 is 11.1 Å². The molecule has 58 valence electrons. The first kappa shape index (κ1) is 6.62. The van der Waals surface area contributed by atoms with Gasteiger partial charge in [-0.25, -0.2) is 0 Å². The molecule has 2 aliphatic rings. The zero-order valence-electron chi connectivity index (χ0n) is 6.34. The molecule has 0 aromatic heterocycles. The highest BCUT2D eigenvalue weighted by molar-refractivity contribution is 4.89. The van der Waals surface area contributed by atoms with Gasteiger partial charge in [-0.2, -0.15) is 0 Å². The van der Waals surface area contributed by atoms with E-state index in [0.29, 0.717) is 6.04 Å². The summed E-state index contributed by atoms with van der Waals surface area (Å²) in [5, 5.41) is 3.40. The zero-order chi connectivity index (χ0) is 6.97. The molecule has 1 heterocycles. The quantitative estimate of drug-likeness (QED) is 0.551. The maximum Gasteiger partial charge on any atom is 0.00443 e. The van der Waals surface area contributed by atoms with Crippen molar-refractivity contribution in [3.63, 3.8) is 0 Å². The molecule has 2 heteroatoms. The number of rotatable bonds is 1. The Hall–Kier alpha value is -0.0800. The number of nitrogens with two attached hydrogens (primary N) is 1. The highest BCUT2D eigenvalue weighted by Crippen LogP contribution is 2.35. The topological polar surface area (TPSA) is 38.0 Å². The Kier molecular flexibility index (Phi) is 1.66. The smallest absolute Gasteiger partial charge is 0.00443 e. The Labute approximate surface area is 62.2 Å². The summed E-state index contributed by atoms with van der Waals surface area (Å²) in [5.41, 5.74) is 5.72. The first-order valence-electron chi connectivity index (χ1n) is 4.32. The van der Waals surface area contributed by atoms with Gasteiger partial charge in [0.05, 0.1) is 0 Å². The molecule has 0 aromatic carbocycles. The average molecular weight is 140 g/mol. The van der Waals surface area contributed by atoms with Crippen molar-refractivity contribution in [3.05, 3.63) is 0 Å². The number of hydrogen-bond donors (Lipinski definition) is 2. The summed E-state index contributed by atoms with van der Waals surface area (Å²) in [6.45, 7) is 2.48. The van der Waals surface area contributed by atoms with Crippen molar-refractivity contribution < 1.29 is 0 Å². The molecule has 3 N–H and O–H groups in total. The Morgan fingerprint density at radius 3 is 2.50 bits per heavy atom. The maximum atomic E-state index is 5.72. The van der Waals surface area contributed by atoms with Crippen molar-refractivity contribution in [2.24, 2.45) is 17.6 Å². The predicted octanol–water partition coefficient (Wildman–Crippen LogP) is 0.333. The highest BCUT2D eigenvalue weighted by atomic mass is 14.9. The fraction of sp³-hybridized carbons (Fsp3) is 1.00. The van der Waals surface area contributed by atoms with Gasteiger partial charge in [0.2, 0.25) is 0 Å². The van der Waals surface area contributed by atoms with Crippen molar-refractivity contribution in [2.45, 2.75) is 25.3 Å². The third kappa shape index (κ3) is 1.06. The summed E-state index contributed by atoms with van der Waals surface area (Å²) < 4.78 is 0. The lowest BCUT2D eigenvalue weighted by Crippen LogP contribution is -2.40. The molecule has 1 aliphatic heterocycles. The van der Waals surface area contributed by atoms with Gasteiger partial charge in [0.25, 0.3) is 0 Å². The first-order chi connectivity index (χ1) is 4.86. The fourth-order valence-corrected chi connectivity index (χ4v) is 2.17. The molecule has 1 saturated heterocycles. The van der Waals surface area contributed by atoms with E-state index in [1.54, 1.807) is 0 Å². The highest BCUT2D eigenvalue weighted by Gasteiger charge is 2.33. The number of hydrogen-bond acceptors (Lipinski definition) is 2. The molecule has 1 unspecified atom stereocenters. The van der Waals surface area contributed by atoms with Gasteiger partial charge in [-0.05, 0) is 44.2 Å². The molecule has 0 spiro atoms. The summed E-state index contributed by atoms with van der Waals surface area (Å²) in [7, 11) is 0. The van der Waals surface area contributed by atoms with E-state index in [0.717, 1.165) is 11.8 Å². The summed E-state index contributed by atoms with van der Waals surface area (Å²) in [6.07, 6.45) is 3.95. The van der Waals surface area contributed by atoms with Gasteiger partial charge in [-0.15, -0.1) is 0 Å². The maximum absolute atomic E-state index is 5.72. The molecule has 0 radical (unpaired) electrons. The molecule has 2 nitrogen and oxygen atoms in total. The van der Waals surface area contributed by atoms with E-state index >= 15 is 0 Å². The van der Waals surface area contributed by atoms with Crippen LogP contribution in [-0.4, -0.2) is 19.1 Å². The van der Waals surface area contributed by atoms with E-state index < -0.39 is 0 Å². The molecular formula is C8H16N2. The van der Waals surface area contributed by atoms with Crippen molar-refractivity contribution >= 4 is 0 Å². The lowest BCUT2D eigenvalue weighted by atomic mass is 9.72. The lowest BCUT2D eigenvalue weighted by Gasteiger charge is -2.36. The monoisotopic (exact) mass is 140 g/mol. The second-order valence-electron chi connectivity index (χ2n) is 3.74. The molecule has 2 fully saturated rings. The van der Waals surface area contributed by atoms with Crippen LogP contribution in [0.5, 0.6) is 0 Å². The van der Waals surface area contributed by atoms with E-state index in [9.17, 15) is 0 Å². The van der Waals surface area contributed by atoms with Crippen LogP contribution in [0.1, 0.15) is 19.3 Å². The zero-order valence-corrected chi connectivity index (χ0v) is 6.34. The molecule has 0 bridgehead atoms. The van der Waals surface area contributed by atoms with Gasteiger partial charge in [-0.3, -0.25) is 0 Å². The van der Waals surface area contributed by atoms with Crippen molar-refractivity contribution in [1.82, 2.24) is 5.32 Å². The summed E-state index contributed by atoms with van der Waals surface area (Å²) in [5.74, 6) is 1.92. The van der Waals surface area contributed by atoms with Crippen molar-refractivity contribution in [1.29, 1.82) is 0 Å². The molecule has 2 rings (SSSR count). The van der Waals surface area contributed by atoms with E-state index in [1.807, 2.05) is 0 Å². The Morgan fingerprint density at radius 2 is 2.00 bits per heavy atom. The van der Waals surface area contributed by atoms with Crippen LogP contribution in [0.4, 0.5) is 0 Å². The van der Waals surface area contributed by atoms with E-state index in [1.165, 1.54) is 32.4 Å². The molecule has 1 aliphatic carbocycles. The largest absolute Gasteiger partial charge is 0.328 e. The molecule has 10 heavy (non-hydrogen) atoms. The minimum Gasteiger partial charge on any atom is -0.328 e. The van der Waals surface area contributed by atoms with Crippen LogP contribution in [0.15, 0.2) is 0 Å². The summed E-state index contributed by atoms with van der Waals surface area (Å²) in [4.78, 5) is 0. The van der Waals surface area contributed by atoms with E-state index in [-0.39, 0.29) is 0 Å². The minimum atomic E-state index is 0.533. The molecular weight excluding hydrogens is 124 g/mol. The second kappa shape index (κ2) is 2.51. The van der Waals surface area contributed by atoms with Crippen molar-refractivity contribution in [2.75, 3.05) is 13.1 Å². The van der Waals surface area contributed by atoms with Gasteiger partial charge in [0.1, 0.15) is 0 Å². The van der Waals surface area contributed by atoms with Crippen LogP contribution >= 0.6 is 0 Å². The van der Waals surface area contributed by atoms with Crippen LogP contribution in [0.2, 0.25) is 0 Å². The molecule has 1 atom stereocenters. The van der Waals surface area contributed by atoms with Gasteiger partial charge in [0.15, 0.2) is 0 Å². The van der Waals surface area contributed by atoms with Crippen LogP contribution in [0.25, 0.3) is 0 Å². The van der Waals surface area contributed by atoms with Gasteiger partial charge in [0, 0.05) is 6.04 Å². The first-order valence-corrected chi connectivity index (χ1v) is 4.32. The average Bonchev–Trinajstić information content (AvgIpc) is 2.31. The van der Waals surface area contributed by atoms with E-state index in [2.05, 4.69) is 5.32 Å². The second-order valence-corrected chi connectivity index (χ2v) is 3.74. The lowest BCUT2D eigenvalue weighted by molar-refractivity contribution is 0.187. The molecule has 1 saturated carbocycles. The van der Waals surface area contributed by atoms with Crippen LogP contribution in [0.3, 0.4) is 0 Å².